The second-order valence-electron chi connectivity index (χ2n) is 6.05. The van der Waals surface area contributed by atoms with Gasteiger partial charge in [0, 0.05) is 16.8 Å². The fourth-order valence-electron chi connectivity index (χ4n) is 2.63. The zero-order valence-electron chi connectivity index (χ0n) is 14.7. The van der Waals surface area contributed by atoms with Gasteiger partial charge in [0.15, 0.2) is 5.69 Å². The lowest BCUT2D eigenvalue weighted by molar-refractivity contribution is 0.102. The Labute approximate surface area is 156 Å². The first kappa shape index (κ1) is 17.9. The van der Waals surface area contributed by atoms with Crippen LogP contribution < -0.4 is 10.1 Å². The van der Waals surface area contributed by atoms with Gasteiger partial charge in [0.2, 0.25) is 0 Å². The van der Waals surface area contributed by atoms with Gasteiger partial charge in [-0.25, -0.2) is 4.68 Å². The number of carbonyl (C=O) groups excluding carboxylic acids is 1. The minimum Gasteiger partial charge on any atom is -0.497 e. The predicted molar refractivity (Wildman–Crippen MR) is 101 cm³/mol. The van der Waals surface area contributed by atoms with Crippen LogP contribution in [-0.4, -0.2) is 28.0 Å². The van der Waals surface area contributed by atoms with Crippen LogP contribution in [0.1, 0.15) is 35.9 Å². The maximum absolute atomic E-state index is 12.7. The van der Waals surface area contributed by atoms with Gasteiger partial charge in [-0.2, -0.15) is 0 Å². The molecule has 0 fully saturated rings. The van der Waals surface area contributed by atoms with E-state index in [4.69, 9.17) is 16.3 Å². The number of amides is 1. The molecule has 0 aliphatic heterocycles. The van der Waals surface area contributed by atoms with Gasteiger partial charge in [0.05, 0.1) is 18.5 Å². The second kappa shape index (κ2) is 7.58. The van der Waals surface area contributed by atoms with Gasteiger partial charge < -0.3 is 10.1 Å². The first-order valence-corrected chi connectivity index (χ1v) is 8.54. The lowest BCUT2D eigenvalue weighted by Gasteiger charge is -2.11. The summed E-state index contributed by atoms with van der Waals surface area (Å²) in [5.74, 6) is 0.394. The van der Waals surface area contributed by atoms with Crippen molar-refractivity contribution < 1.29 is 9.53 Å². The largest absolute Gasteiger partial charge is 0.497 e. The van der Waals surface area contributed by atoms with Gasteiger partial charge in [-0.05, 0) is 42.3 Å². The third kappa shape index (κ3) is 3.70. The number of benzene rings is 2. The maximum Gasteiger partial charge on any atom is 0.278 e. The van der Waals surface area contributed by atoms with E-state index in [2.05, 4.69) is 15.6 Å². The van der Waals surface area contributed by atoms with Crippen molar-refractivity contribution in [3.63, 3.8) is 0 Å². The van der Waals surface area contributed by atoms with E-state index < -0.39 is 0 Å². The standard InChI is InChI=1S/C19H19ClN4O2/c1-12(2)18-17(19(25)21-14-5-4-6-16(11-14)26-3)22-23-24(18)15-9-7-13(20)8-10-15/h4-12H,1-3H3,(H,21,25). The summed E-state index contributed by atoms with van der Waals surface area (Å²) in [6, 6.07) is 14.4. The summed E-state index contributed by atoms with van der Waals surface area (Å²) in [4.78, 5) is 12.7. The molecule has 0 aliphatic carbocycles. The Balaban J connectivity index is 1.94. The number of nitrogens with zero attached hydrogens (tertiary/aromatic N) is 3. The Bertz CT molecular complexity index is 920. The number of hydrogen-bond acceptors (Lipinski definition) is 4. The van der Waals surface area contributed by atoms with Gasteiger partial charge >= 0.3 is 0 Å². The van der Waals surface area contributed by atoms with Gasteiger partial charge in [0.25, 0.3) is 5.91 Å². The van der Waals surface area contributed by atoms with E-state index in [-0.39, 0.29) is 17.5 Å². The molecule has 0 aliphatic rings. The van der Waals surface area contributed by atoms with Crippen LogP contribution in [0.4, 0.5) is 5.69 Å². The lowest BCUT2D eigenvalue weighted by atomic mass is 10.1. The Morgan fingerprint density at radius 3 is 2.58 bits per heavy atom. The van der Waals surface area contributed by atoms with Crippen molar-refractivity contribution in [2.45, 2.75) is 19.8 Å². The first-order chi connectivity index (χ1) is 12.5. The van der Waals surface area contributed by atoms with Crippen LogP contribution in [0.2, 0.25) is 5.02 Å². The monoisotopic (exact) mass is 370 g/mol. The number of hydrogen-bond donors (Lipinski definition) is 1. The van der Waals surface area contributed by atoms with Gasteiger partial charge in [-0.15, -0.1) is 5.10 Å². The average molecular weight is 371 g/mol. The molecular formula is C19H19ClN4O2. The molecule has 0 bridgehead atoms. The van der Waals surface area contributed by atoms with Gasteiger partial charge in [-0.1, -0.05) is 36.7 Å². The van der Waals surface area contributed by atoms with E-state index in [0.29, 0.717) is 16.5 Å². The minimum atomic E-state index is -0.317. The molecule has 0 unspecified atom stereocenters. The quantitative estimate of drug-likeness (QED) is 0.726. The molecule has 0 spiro atoms. The van der Waals surface area contributed by atoms with Crippen LogP contribution in [0, 0.1) is 0 Å². The molecule has 134 valence electrons. The van der Waals surface area contributed by atoms with Crippen molar-refractivity contribution in [2.75, 3.05) is 12.4 Å². The molecule has 2 aromatic carbocycles. The van der Waals surface area contributed by atoms with Crippen molar-refractivity contribution in [3.05, 3.63) is 64.9 Å². The number of aromatic nitrogens is 3. The summed E-state index contributed by atoms with van der Waals surface area (Å²) in [5.41, 5.74) is 2.45. The molecule has 0 saturated carbocycles. The molecule has 6 nitrogen and oxygen atoms in total. The molecule has 3 aromatic rings. The van der Waals surface area contributed by atoms with Crippen LogP contribution in [-0.2, 0) is 0 Å². The molecule has 3 rings (SSSR count). The number of anilines is 1. The molecule has 7 heteroatoms. The van der Waals surface area contributed by atoms with Crippen LogP contribution in [0.3, 0.4) is 0 Å². The molecule has 26 heavy (non-hydrogen) atoms. The number of methoxy groups -OCH3 is 1. The molecule has 1 N–H and O–H groups in total. The first-order valence-electron chi connectivity index (χ1n) is 8.16. The summed E-state index contributed by atoms with van der Waals surface area (Å²) in [5, 5.41) is 11.8. The summed E-state index contributed by atoms with van der Waals surface area (Å²) in [6.45, 7) is 3.99. The number of nitrogens with one attached hydrogen (secondary N) is 1. The van der Waals surface area contributed by atoms with E-state index in [0.717, 1.165) is 11.4 Å². The van der Waals surface area contributed by atoms with E-state index in [1.54, 1.807) is 36.1 Å². The Morgan fingerprint density at radius 2 is 1.92 bits per heavy atom. The molecule has 0 saturated heterocycles. The third-order valence-electron chi connectivity index (χ3n) is 3.87. The predicted octanol–water partition coefficient (Wildman–Crippen LogP) is 4.31. The van der Waals surface area contributed by atoms with Crippen molar-refractivity contribution >= 4 is 23.2 Å². The molecule has 1 aromatic heterocycles. The van der Waals surface area contributed by atoms with Crippen LogP contribution in [0.5, 0.6) is 5.75 Å². The Morgan fingerprint density at radius 1 is 1.19 bits per heavy atom. The Hall–Kier alpha value is -2.86. The topological polar surface area (TPSA) is 69.0 Å². The normalized spacial score (nSPS) is 10.8. The third-order valence-corrected chi connectivity index (χ3v) is 4.12. The van der Waals surface area contributed by atoms with Crippen molar-refractivity contribution in [2.24, 2.45) is 0 Å². The highest BCUT2D eigenvalue weighted by molar-refractivity contribution is 6.30. The van der Waals surface area contributed by atoms with Gasteiger partial charge in [-0.3, -0.25) is 4.79 Å². The summed E-state index contributed by atoms with van der Waals surface area (Å²) < 4.78 is 6.85. The van der Waals surface area contributed by atoms with Crippen LogP contribution in [0.15, 0.2) is 48.5 Å². The van der Waals surface area contributed by atoms with Crippen molar-refractivity contribution in [1.29, 1.82) is 0 Å². The number of ether oxygens (including phenoxy) is 1. The Kier molecular flexibility index (Phi) is 5.23. The van der Waals surface area contributed by atoms with Crippen LogP contribution >= 0.6 is 11.6 Å². The highest BCUT2D eigenvalue weighted by Gasteiger charge is 2.23. The zero-order chi connectivity index (χ0) is 18.7. The van der Waals surface area contributed by atoms with E-state index in [9.17, 15) is 4.79 Å². The molecule has 0 atom stereocenters. The minimum absolute atomic E-state index is 0.0479. The highest BCUT2D eigenvalue weighted by atomic mass is 35.5. The van der Waals surface area contributed by atoms with E-state index >= 15 is 0 Å². The molecule has 0 radical (unpaired) electrons. The average Bonchev–Trinajstić information content (AvgIpc) is 3.08. The summed E-state index contributed by atoms with van der Waals surface area (Å²) >= 11 is 5.95. The number of halogens is 1. The van der Waals surface area contributed by atoms with Crippen molar-refractivity contribution in [3.8, 4) is 11.4 Å². The number of rotatable bonds is 5. The molecular weight excluding hydrogens is 352 g/mol. The van der Waals surface area contributed by atoms with E-state index in [1.807, 2.05) is 38.1 Å². The maximum atomic E-state index is 12.7. The van der Waals surface area contributed by atoms with Crippen LogP contribution in [0.25, 0.3) is 5.69 Å². The SMILES string of the molecule is COc1cccc(NC(=O)c2nnn(-c3ccc(Cl)cc3)c2C(C)C)c1. The molecule has 1 amide bonds. The lowest BCUT2D eigenvalue weighted by Crippen LogP contribution is -2.16. The van der Waals surface area contributed by atoms with E-state index in [1.165, 1.54) is 0 Å². The highest BCUT2D eigenvalue weighted by Crippen LogP contribution is 2.24. The molecule has 1 heterocycles. The summed E-state index contributed by atoms with van der Waals surface area (Å²) in [7, 11) is 1.58. The number of carbonyl (C=O) groups is 1. The fraction of sp³-hybridized carbons (Fsp3) is 0.211. The second-order valence-corrected chi connectivity index (χ2v) is 6.49. The smallest absolute Gasteiger partial charge is 0.278 e. The van der Waals surface area contributed by atoms with Gasteiger partial charge in [0.1, 0.15) is 5.75 Å². The fourth-order valence-corrected chi connectivity index (χ4v) is 2.76. The summed E-state index contributed by atoms with van der Waals surface area (Å²) in [6.07, 6.45) is 0. The zero-order valence-corrected chi connectivity index (χ0v) is 15.5. The van der Waals surface area contributed by atoms with Crippen molar-refractivity contribution in [1.82, 2.24) is 15.0 Å².